The highest BCUT2D eigenvalue weighted by Crippen LogP contribution is 2.31. The standard InChI is InChI=1S/C16H15Cl2N5O/c17-10-3-4-12(18)13(6-10)24-7-11-2-1-5-23(11)16-14-15(20-8-19-14)21-9-22-16/h3-4,6,8-9,11H,1-2,5,7H2,(H,19,20,21,22). The van der Waals surface area contributed by atoms with Crippen LogP contribution in [-0.4, -0.2) is 39.1 Å². The lowest BCUT2D eigenvalue weighted by Gasteiger charge is -2.25. The van der Waals surface area contributed by atoms with E-state index in [-0.39, 0.29) is 6.04 Å². The fraction of sp³-hybridized carbons (Fsp3) is 0.312. The van der Waals surface area contributed by atoms with Gasteiger partial charge in [0.2, 0.25) is 0 Å². The minimum Gasteiger partial charge on any atom is -0.490 e. The summed E-state index contributed by atoms with van der Waals surface area (Å²) in [4.78, 5) is 18.2. The summed E-state index contributed by atoms with van der Waals surface area (Å²) in [6.07, 6.45) is 5.29. The van der Waals surface area contributed by atoms with E-state index in [1.54, 1.807) is 30.9 Å². The first-order valence-electron chi connectivity index (χ1n) is 7.71. The zero-order chi connectivity index (χ0) is 16.5. The summed E-state index contributed by atoms with van der Waals surface area (Å²) in [6.45, 7) is 1.42. The molecule has 1 aliphatic rings. The number of hydrogen-bond acceptors (Lipinski definition) is 5. The molecule has 24 heavy (non-hydrogen) atoms. The van der Waals surface area contributed by atoms with E-state index in [0.29, 0.717) is 22.4 Å². The maximum absolute atomic E-state index is 6.17. The SMILES string of the molecule is Clc1ccc(Cl)c(OCC2CCCN2c2ncnc3[nH]cnc23)c1. The van der Waals surface area contributed by atoms with Gasteiger partial charge >= 0.3 is 0 Å². The fourth-order valence-electron chi connectivity index (χ4n) is 3.02. The average molecular weight is 364 g/mol. The van der Waals surface area contributed by atoms with Crippen molar-refractivity contribution >= 4 is 40.2 Å². The summed E-state index contributed by atoms with van der Waals surface area (Å²) >= 11 is 12.2. The first-order chi connectivity index (χ1) is 11.7. The fourth-order valence-corrected chi connectivity index (χ4v) is 3.36. The van der Waals surface area contributed by atoms with Crippen molar-refractivity contribution in [3.05, 3.63) is 40.9 Å². The number of fused-ring (bicyclic) bond motifs is 1. The number of hydrogen-bond donors (Lipinski definition) is 1. The molecule has 1 atom stereocenters. The van der Waals surface area contributed by atoms with Gasteiger partial charge in [-0.15, -0.1) is 0 Å². The van der Waals surface area contributed by atoms with Crippen LogP contribution in [0.4, 0.5) is 5.82 Å². The third kappa shape index (κ3) is 2.87. The van der Waals surface area contributed by atoms with Gasteiger partial charge in [-0.25, -0.2) is 15.0 Å². The number of aromatic nitrogens is 4. The van der Waals surface area contributed by atoms with Crippen molar-refractivity contribution in [2.24, 2.45) is 0 Å². The first-order valence-corrected chi connectivity index (χ1v) is 8.46. The Labute approximate surface area is 148 Å². The number of nitrogens with one attached hydrogen (secondary N) is 1. The Bertz CT molecular complexity index is 869. The van der Waals surface area contributed by atoms with E-state index in [4.69, 9.17) is 27.9 Å². The Kier molecular flexibility index (Phi) is 4.16. The predicted molar refractivity (Wildman–Crippen MR) is 94.0 cm³/mol. The van der Waals surface area contributed by atoms with Gasteiger partial charge in [0, 0.05) is 17.6 Å². The molecule has 6 nitrogen and oxygen atoms in total. The molecule has 1 saturated heterocycles. The van der Waals surface area contributed by atoms with E-state index < -0.39 is 0 Å². The van der Waals surface area contributed by atoms with Gasteiger partial charge in [0.05, 0.1) is 17.4 Å². The Hall–Kier alpha value is -2.05. The second kappa shape index (κ2) is 6.45. The van der Waals surface area contributed by atoms with E-state index in [9.17, 15) is 0 Å². The summed E-state index contributed by atoms with van der Waals surface area (Å²) in [5.74, 6) is 1.44. The van der Waals surface area contributed by atoms with Crippen LogP contribution in [0.15, 0.2) is 30.9 Å². The van der Waals surface area contributed by atoms with Crippen molar-refractivity contribution < 1.29 is 4.74 Å². The average Bonchev–Trinajstić information content (AvgIpc) is 3.24. The molecule has 0 aliphatic carbocycles. The minimum atomic E-state index is 0.204. The van der Waals surface area contributed by atoms with E-state index in [1.807, 2.05) is 0 Å². The summed E-state index contributed by atoms with van der Waals surface area (Å²) < 4.78 is 5.92. The summed E-state index contributed by atoms with van der Waals surface area (Å²) in [5.41, 5.74) is 1.52. The smallest absolute Gasteiger partial charge is 0.162 e. The van der Waals surface area contributed by atoms with E-state index in [1.165, 1.54) is 0 Å². The molecule has 8 heteroatoms. The molecular formula is C16H15Cl2N5O. The van der Waals surface area contributed by atoms with Gasteiger partial charge in [-0.1, -0.05) is 23.2 Å². The van der Waals surface area contributed by atoms with Crippen LogP contribution in [0.25, 0.3) is 11.2 Å². The summed E-state index contributed by atoms with van der Waals surface area (Å²) in [6, 6.07) is 5.42. The highest BCUT2D eigenvalue weighted by atomic mass is 35.5. The van der Waals surface area contributed by atoms with Crippen molar-refractivity contribution in [2.75, 3.05) is 18.1 Å². The molecule has 1 unspecified atom stereocenters. The van der Waals surface area contributed by atoms with Crippen molar-refractivity contribution in [1.29, 1.82) is 0 Å². The molecule has 3 heterocycles. The maximum Gasteiger partial charge on any atom is 0.162 e. The molecule has 3 aromatic rings. The highest BCUT2D eigenvalue weighted by Gasteiger charge is 2.28. The molecule has 0 radical (unpaired) electrons. The third-order valence-electron chi connectivity index (χ3n) is 4.17. The van der Waals surface area contributed by atoms with Crippen molar-refractivity contribution in [3.8, 4) is 5.75 Å². The quantitative estimate of drug-likeness (QED) is 0.765. The number of benzene rings is 1. The Balaban J connectivity index is 1.55. The number of rotatable bonds is 4. The number of H-pyrrole nitrogens is 1. The van der Waals surface area contributed by atoms with Gasteiger partial charge in [-0.2, -0.15) is 0 Å². The molecule has 0 spiro atoms. The Morgan fingerprint density at radius 3 is 3.08 bits per heavy atom. The lowest BCUT2D eigenvalue weighted by molar-refractivity contribution is 0.288. The lowest BCUT2D eigenvalue weighted by Crippen LogP contribution is -2.35. The van der Waals surface area contributed by atoms with Crippen LogP contribution in [0, 0.1) is 0 Å². The molecule has 1 aromatic carbocycles. The normalized spacial score (nSPS) is 17.6. The molecule has 2 aromatic heterocycles. The van der Waals surface area contributed by atoms with Crippen LogP contribution in [0.2, 0.25) is 10.0 Å². The monoisotopic (exact) mass is 363 g/mol. The van der Waals surface area contributed by atoms with Gasteiger partial charge in [0.15, 0.2) is 11.5 Å². The zero-order valence-corrected chi connectivity index (χ0v) is 14.3. The van der Waals surface area contributed by atoms with Crippen LogP contribution >= 0.6 is 23.2 Å². The third-order valence-corrected chi connectivity index (χ3v) is 4.72. The topological polar surface area (TPSA) is 66.9 Å². The number of ether oxygens (including phenoxy) is 1. The van der Waals surface area contributed by atoms with Gasteiger partial charge in [-0.3, -0.25) is 0 Å². The Morgan fingerprint density at radius 1 is 1.25 bits per heavy atom. The van der Waals surface area contributed by atoms with Crippen LogP contribution in [0.5, 0.6) is 5.75 Å². The molecule has 1 fully saturated rings. The van der Waals surface area contributed by atoms with Gasteiger partial charge < -0.3 is 14.6 Å². The van der Waals surface area contributed by atoms with E-state index >= 15 is 0 Å². The van der Waals surface area contributed by atoms with Gasteiger partial charge in [0.25, 0.3) is 0 Å². The molecule has 4 rings (SSSR count). The largest absolute Gasteiger partial charge is 0.490 e. The highest BCUT2D eigenvalue weighted by molar-refractivity contribution is 6.34. The maximum atomic E-state index is 6.17. The second-order valence-corrected chi connectivity index (χ2v) is 6.52. The number of imidazole rings is 1. The van der Waals surface area contributed by atoms with Crippen LogP contribution < -0.4 is 9.64 Å². The number of aromatic amines is 1. The lowest BCUT2D eigenvalue weighted by atomic mass is 10.2. The molecular weight excluding hydrogens is 349 g/mol. The molecule has 0 saturated carbocycles. The van der Waals surface area contributed by atoms with E-state index in [0.717, 1.165) is 36.4 Å². The van der Waals surface area contributed by atoms with E-state index in [2.05, 4.69) is 24.8 Å². The zero-order valence-electron chi connectivity index (χ0n) is 12.7. The summed E-state index contributed by atoms with van der Waals surface area (Å²) in [7, 11) is 0. The van der Waals surface area contributed by atoms with Crippen LogP contribution in [0.1, 0.15) is 12.8 Å². The van der Waals surface area contributed by atoms with Crippen molar-refractivity contribution in [1.82, 2.24) is 19.9 Å². The number of halogens is 2. The molecule has 1 N–H and O–H groups in total. The molecule has 0 bridgehead atoms. The van der Waals surface area contributed by atoms with Crippen LogP contribution in [0.3, 0.4) is 0 Å². The molecule has 124 valence electrons. The van der Waals surface area contributed by atoms with Crippen molar-refractivity contribution in [2.45, 2.75) is 18.9 Å². The Morgan fingerprint density at radius 2 is 2.17 bits per heavy atom. The van der Waals surface area contributed by atoms with Crippen LogP contribution in [-0.2, 0) is 0 Å². The van der Waals surface area contributed by atoms with Gasteiger partial charge in [-0.05, 0) is 25.0 Å². The second-order valence-electron chi connectivity index (χ2n) is 5.67. The molecule has 0 amide bonds. The first kappa shape index (κ1) is 15.5. The molecule has 1 aliphatic heterocycles. The number of anilines is 1. The van der Waals surface area contributed by atoms with Gasteiger partial charge in [0.1, 0.15) is 24.2 Å². The predicted octanol–water partition coefficient (Wildman–Crippen LogP) is 3.71. The summed E-state index contributed by atoms with van der Waals surface area (Å²) in [5, 5.41) is 1.16. The number of nitrogens with zero attached hydrogens (tertiary/aromatic N) is 4. The minimum absolute atomic E-state index is 0.204. The van der Waals surface area contributed by atoms with Crippen molar-refractivity contribution in [3.63, 3.8) is 0 Å².